The number of carbonyl (C=O) groups excluding carboxylic acids is 2. The fourth-order valence-electron chi connectivity index (χ4n) is 1.68. The van der Waals surface area contributed by atoms with Gasteiger partial charge < -0.3 is 10.1 Å². The van der Waals surface area contributed by atoms with Crippen LogP contribution in [0.1, 0.15) is 20.8 Å². The highest BCUT2D eigenvalue weighted by molar-refractivity contribution is 6.03. The summed E-state index contributed by atoms with van der Waals surface area (Å²) in [6.07, 6.45) is 0. The number of ether oxygens (including phenoxy) is 1. The standard InChI is InChI=1S/C14H12FN3O4/c1-18-12(19)6-5-10(17-18)13(20)16-11-7-8(14(21)22-2)3-4-9(11)15/h3-7H,1-2H3,(H,16,20). The molecule has 0 spiro atoms. The van der Waals surface area contributed by atoms with Gasteiger partial charge in [0, 0.05) is 13.1 Å². The molecule has 0 atom stereocenters. The minimum absolute atomic E-state index is 0.0648. The topological polar surface area (TPSA) is 90.3 Å². The van der Waals surface area contributed by atoms with Crippen molar-refractivity contribution in [2.75, 3.05) is 12.4 Å². The lowest BCUT2D eigenvalue weighted by Crippen LogP contribution is -2.24. The highest BCUT2D eigenvalue weighted by Gasteiger charge is 2.14. The molecule has 114 valence electrons. The molecule has 2 aromatic rings. The van der Waals surface area contributed by atoms with E-state index >= 15 is 0 Å². The summed E-state index contributed by atoms with van der Waals surface area (Å²) in [5.41, 5.74) is -0.545. The van der Waals surface area contributed by atoms with Crippen LogP contribution in [0.5, 0.6) is 0 Å². The molecule has 2 rings (SSSR count). The lowest BCUT2D eigenvalue weighted by molar-refractivity contribution is 0.0600. The average molecular weight is 305 g/mol. The number of aryl methyl sites for hydroxylation is 1. The van der Waals surface area contributed by atoms with Crippen molar-refractivity contribution < 1.29 is 18.7 Å². The van der Waals surface area contributed by atoms with Crippen LogP contribution in [0, 0.1) is 5.82 Å². The van der Waals surface area contributed by atoms with Crippen LogP contribution in [0.4, 0.5) is 10.1 Å². The number of halogens is 1. The van der Waals surface area contributed by atoms with Gasteiger partial charge in [0.1, 0.15) is 11.5 Å². The molecule has 0 saturated heterocycles. The first-order valence-electron chi connectivity index (χ1n) is 6.16. The summed E-state index contributed by atoms with van der Waals surface area (Å²) in [5.74, 6) is -2.09. The predicted molar refractivity (Wildman–Crippen MR) is 75.2 cm³/mol. The molecule has 0 unspecified atom stereocenters. The maximum absolute atomic E-state index is 13.7. The lowest BCUT2D eigenvalue weighted by atomic mass is 10.2. The molecule has 1 amide bonds. The molecule has 0 bridgehead atoms. The summed E-state index contributed by atoms with van der Waals surface area (Å²) >= 11 is 0. The van der Waals surface area contributed by atoms with Crippen LogP contribution in [-0.4, -0.2) is 28.8 Å². The van der Waals surface area contributed by atoms with Gasteiger partial charge in [0.05, 0.1) is 18.4 Å². The zero-order valence-corrected chi connectivity index (χ0v) is 11.8. The summed E-state index contributed by atoms with van der Waals surface area (Å²) in [7, 11) is 2.58. The fourth-order valence-corrected chi connectivity index (χ4v) is 1.68. The van der Waals surface area contributed by atoms with E-state index in [4.69, 9.17) is 0 Å². The highest BCUT2D eigenvalue weighted by Crippen LogP contribution is 2.17. The summed E-state index contributed by atoms with van der Waals surface area (Å²) in [5, 5.41) is 6.04. The molecular formula is C14H12FN3O4. The zero-order chi connectivity index (χ0) is 16.3. The number of carbonyl (C=O) groups is 2. The third kappa shape index (κ3) is 3.17. The summed E-state index contributed by atoms with van der Waals surface area (Å²) in [6, 6.07) is 5.82. The molecule has 7 nitrogen and oxygen atoms in total. The monoisotopic (exact) mass is 305 g/mol. The number of hydrogen-bond acceptors (Lipinski definition) is 5. The Bertz CT molecular complexity index is 801. The van der Waals surface area contributed by atoms with Crippen molar-refractivity contribution in [2.24, 2.45) is 7.05 Å². The largest absolute Gasteiger partial charge is 0.465 e. The Morgan fingerprint density at radius 2 is 2.00 bits per heavy atom. The molecule has 0 aliphatic heterocycles. The summed E-state index contributed by atoms with van der Waals surface area (Å²) in [6.45, 7) is 0. The molecule has 1 heterocycles. The maximum atomic E-state index is 13.7. The maximum Gasteiger partial charge on any atom is 0.337 e. The second kappa shape index (κ2) is 6.17. The highest BCUT2D eigenvalue weighted by atomic mass is 19.1. The SMILES string of the molecule is COC(=O)c1ccc(F)c(NC(=O)c2ccc(=O)n(C)n2)c1. The van der Waals surface area contributed by atoms with E-state index in [1.54, 1.807) is 0 Å². The Hall–Kier alpha value is -3.03. The van der Waals surface area contributed by atoms with Gasteiger partial charge >= 0.3 is 5.97 Å². The van der Waals surface area contributed by atoms with Gasteiger partial charge in [-0.05, 0) is 24.3 Å². The smallest absolute Gasteiger partial charge is 0.337 e. The molecule has 0 saturated carbocycles. The number of anilines is 1. The van der Waals surface area contributed by atoms with Crippen LogP contribution in [0.2, 0.25) is 0 Å². The van der Waals surface area contributed by atoms with Crippen molar-refractivity contribution in [3.63, 3.8) is 0 Å². The van der Waals surface area contributed by atoms with E-state index < -0.39 is 17.7 Å². The number of hydrogen-bond donors (Lipinski definition) is 1. The Morgan fingerprint density at radius 3 is 2.64 bits per heavy atom. The van der Waals surface area contributed by atoms with E-state index in [0.29, 0.717) is 0 Å². The van der Waals surface area contributed by atoms with E-state index in [1.165, 1.54) is 32.4 Å². The van der Waals surface area contributed by atoms with E-state index in [-0.39, 0.29) is 22.5 Å². The number of esters is 1. The molecular weight excluding hydrogens is 293 g/mol. The van der Waals surface area contributed by atoms with Crippen LogP contribution in [0.25, 0.3) is 0 Å². The van der Waals surface area contributed by atoms with Gasteiger partial charge in [0.2, 0.25) is 0 Å². The van der Waals surface area contributed by atoms with E-state index in [1.807, 2.05) is 0 Å². The van der Waals surface area contributed by atoms with Crippen LogP contribution >= 0.6 is 0 Å². The van der Waals surface area contributed by atoms with Gasteiger partial charge in [0.25, 0.3) is 11.5 Å². The van der Waals surface area contributed by atoms with Gasteiger partial charge in [-0.2, -0.15) is 5.10 Å². The number of benzene rings is 1. The Morgan fingerprint density at radius 1 is 1.27 bits per heavy atom. The molecule has 0 radical (unpaired) electrons. The predicted octanol–water partition coefficient (Wildman–Crippen LogP) is 0.958. The van der Waals surface area contributed by atoms with Crippen LogP contribution in [0.15, 0.2) is 35.1 Å². The quantitative estimate of drug-likeness (QED) is 0.853. The van der Waals surface area contributed by atoms with Crippen molar-refractivity contribution in [3.8, 4) is 0 Å². The first-order valence-corrected chi connectivity index (χ1v) is 6.16. The third-order valence-electron chi connectivity index (χ3n) is 2.83. The van der Waals surface area contributed by atoms with Gasteiger partial charge in [-0.25, -0.2) is 13.9 Å². The van der Waals surface area contributed by atoms with Crippen molar-refractivity contribution in [2.45, 2.75) is 0 Å². The van der Waals surface area contributed by atoms with Crippen molar-refractivity contribution in [3.05, 3.63) is 57.8 Å². The van der Waals surface area contributed by atoms with E-state index in [2.05, 4.69) is 15.2 Å². The molecule has 1 aromatic heterocycles. The zero-order valence-electron chi connectivity index (χ0n) is 11.8. The van der Waals surface area contributed by atoms with Crippen LogP contribution in [0.3, 0.4) is 0 Å². The summed E-state index contributed by atoms with van der Waals surface area (Å²) < 4.78 is 19.2. The molecule has 0 aliphatic carbocycles. The molecule has 1 aromatic carbocycles. The van der Waals surface area contributed by atoms with Crippen LogP contribution in [-0.2, 0) is 11.8 Å². The first kappa shape index (κ1) is 15.4. The number of nitrogens with zero attached hydrogens (tertiary/aromatic N) is 2. The lowest BCUT2D eigenvalue weighted by Gasteiger charge is -2.08. The van der Waals surface area contributed by atoms with Gasteiger partial charge in [-0.3, -0.25) is 9.59 Å². The third-order valence-corrected chi connectivity index (χ3v) is 2.83. The number of rotatable bonds is 3. The minimum atomic E-state index is -0.717. The van der Waals surface area contributed by atoms with Crippen LogP contribution < -0.4 is 10.9 Å². The van der Waals surface area contributed by atoms with E-state index in [0.717, 1.165) is 16.8 Å². The normalized spacial score (nSPS) is 10.1. The molecule has 1 N–H and O–H groups in total. The second-order valence-electron chi connectivity index (χ2n) is 4.32. The molecule has 22 heavy (non-hydrogen) atoms. The fraction of sp³-hybridized carbons (Fsp3) is 0.143. The molecule has 8 heteroatoms. The van der Waals surface area contributed by atoms with Gasteiger partial charge in [-0.15, -0.1) is 0 Å². The van der Waals surface area contributed by atoms with E-state index in [9.17, 15) is 18.8 Å². The number of methoxy groups -OCH3 is 1. The second-order valence-corrected chi connectivity index (χ2v) is 4.32. The van der Waals surface area contributed by atoms with Crippen molar-refractivity contribution in [1.29, 1.82) is 0 Å². The Balaban J connectivity index is 2.29. The number of amides is 1. The Labute approximate surface area is 124 Å². The molecule has 0 aliphatic rings. The number of aromatic nitrogens is 2. The van der Waals surface area contributed by atoms with Gasteiger partial charge in [0.15, 0.2) is 0 Å². The van der Waals surface area contributed by atoms with Gasteiger partial charge in [-0.1, -0.05) is 0 Å². The Kier molecular flexibility index (Phi) is 4.31. The molecule has 0 fully saturated rings. The average Bonchev–Trinajstić information content (AvgIpc) is 2.51. The minimum Gasteiger partial charge on any atom is -0.465 e. The first-order chi connectivity index (χ1) is 10.4. The van der Waals surface area contributed by atoms with Crippen molar-refractivity contribution >= 4 is 17.6 Å². The summed E-state index contributed by atoms with van der Waals surface area (Å²) in [4.78, 5) is 34.6. The number of nitrogens with one attached hydrogen (secondary N) is 1. The van der Waals surface area contributed by atoms with Crippen molar-refractivity contribution in [1.82, 2.24) is 9.78 Å².